The molecule has 2 heterocycles. The number of rotatable bonds is 3. The van der Waals surface area contributed by atoms with E-state index in [4.69, 9.17) is 17.3 Å². The molecule has 2 N–H and O–H groups in total. The van der Waals surface area contributed by atoms with Crippen molar-refractivity contribution in [1.29, 1.82) is 0 Å². The monoisotopic (exact) mass is 470 g/mol. The van der Waals surface area contributed by atoms with Gasteiger partial charge in [0, 0.05) is 40.3 Å². The number of halogens is 4. The molecule has 0 unspecified atom stereocenters. The predicted octanol–water partition coefficient (Wildman–Crippen LogP) is 6.86. The fourth-order valence-corrected chi connectivity index (χ4v) is 4.97. The Morgan fingerprint density at radius 2 is 1.58 bits per heavy atom. The van der Waals surface area contributed by atoms with Gasteiger partial charge in [0.25, 0.3) is 0 Å². The number of pyridine rings is 2. The summed E-state index contributed by atoms with van der Waals surface area (Å²) in [4.78, 5) is 10.7. The number of nitrogens with two attached hydrogens (primary N) is 1. The first-order valence-electron chi connectivity index (χ1n) is 10.9. The van der Waals surface area contributed by atoms with Gasteiger partial charge in [0.2, 0.25) is 0 Å². The van der Waals surface area contributed by atoms with Gasteiger partial charge in [-0.3, -0.25) is 9.97 Å². The summed E-state index contributed by atoms with van der Waals surface area (Å²) < 4.78 is 41.2. The molecule has 0 saturated heterocycles. The van der Waals surface area contributed by atoms with E-state index >= 15 is 0 Å². The minimum absolute atomic E-state index is 0.0542. The Hall–Kier alpha value is -2.90. The molecule has 170 valence electrons. The summed E-state index contributed by atoms with van der Waals surface area (Å²) >= 11 is 6.19. The highest BCUT2D eigenvalue weighted by atomic mass is 35.5. The highest BCUT2D eigenvalue weighted by molar-refractivity contribution is 6.31. The van der Waals surface area contributed by atoms with Crippen molar-refractivity contribution in [1.82, 2.24) is 9.97 Å². The molecule has 0 amide bonds. The number of anilines is 2. The van der Waals surface area contributed by atoms with E-state index in [9.17, 15) is 13.2 Å². The highest BCUT2D eigenvalue weighted by Gasteiger charge is 2.34. The van der Waals surface area contributed by atoms with Crippen LogP contribution in [0.1, 0.15) is 31.2 Å². The molecule has 1 saturated carbocycles. The van der Waals surface area contributed by atoms with Crippen molar-refractivity contribution in [3.63, 3.8) is 0 Å². The highest BCUT2D eigenvalue weighted by Crippen LogP contribution is 2.42. The van der Waals surface area contributed by atoms with E-state index in [1.165, 1.54) is 12.3 Å². The summed E-state index contributed by atoms with van der Waals surface area (Å²) in [6.45, 7) is 0. The Bertz CT molecular complexity index is 1320. The second-order valence-electron chi connectivity index (χ2n) is 8.46. The third kappa shape index (κ3) is 4.11. The van der Waals surface area contributed by atoms with Crippen molar-refractivity contribution in [2.45, 2.75) is 43.9 Å². The van der Waals surface area contributed by atoms with Gasteiger partial charge in [-0.25, -0.2) is 0 Å². The largest absolute Gasteiger partial charge is 0.418 e. The lowest BCUT2D eigenvalue weighted by atomic mass is 9.89. The van der Waals surface area contributed by atoms with Gasteiger partial charge in [0.1, 0.15) is 0 Å². The molecule has 2 aromatic heterocycles. The SMILES string of the molecule is NC1CCC(N(c2ccnc3cc(Cl)ccc23)c2ccnc3c(C(F)(F)F)cccc23)CC1. The van der Waals surface area contributed by atoms with Gasteiger partial charge in [0.15, 0.2) is 0 Å². The molecule has 0 atom stereocenters. The smallest absolute Gasteiger partial charge is 0.337 e. The molecule has 0 spiro atoms. The van der Waals surface area contributed by atoms with Crippen LogP contribution in [-0.4, -0.2) is 22.1 Å². The first kappa shape index (κ1) is 21.9. The summed E-state index contributed by atoms with van der Waals surface area (Å²) in [5.74, 6) is 0. The predicted molar refractivity (Wildman–Crippen MR) is 126 cm³/mol. The van der Waals surface area contributed by atoms with Gasteiger partial charge < -0.3 is 10.6 Å². The number of hydrogen-bond donors (Lipinski definition) is 1. The van der Waals surface area contributed by atoms with Crippen molar-refractivity contribution in [2.24, 2.45) is 5.73 Å². The first-order chi connectivity index (χ1) is 15.8. The van der Waals surface area contributed by atoms with E-state index in [2.05, 4.69) is 14.9 Å². The van der Waals surface area contributed by atoms with Gasteiger partial charge in [-0.15, -0.1) is 0 Å². The van der Waals surface area contributed by atoms with Crippen molar-refractivity contribution >= 4 is 44.8 Å². The van der Waals surface area contributed by atoms with Crippen molar-refractivity contribution in [2.75, 3.05) is 4.90 Å². The zero-order valence-electron chi connectivity index (χ0n) is 17.7. The van der Waals surface area contributed by atoms with E-state index < -0.39 is 11.7 Å². The van der Waals surface area contributed by atoms with E-state index in [1.807, 2.05) is 12.1 Å². The van der Waals surface area contributed by atoms with Gasteiger partial charge >= 0.3 is 6.18 Å². The maximum atomic E-state index is 13.7. The van der Waals surface area contributed by atoms with Crippen LogP contribution in [0, 0.1) is 0 Å². The number of benzene rings is 2. The Balaban J connectivity index is 1.76. The fourth-order valence-electron chi connectivity index (χ4n) is 4.80. The summed E-state index contributed by atoms with van der Waals surface area (Å²) in [6, 6.07) is 13.6. The zero-order valence-corrected chi connectivity index (χ0v) is 18.4. The van der Waals surface area contributed by atoms with Gasteiger partial charge in [-0.05, 0) is 62.1 Å². The number of nitrogens with zero attached hydrogens (tertiary/aromatic N) is 3. The standard InChI is InChI=1S/C25H22ClF3N4/c26-15-4-9-18-21(14-15)31-12-10-22(18)33(17-7-5-16(30)6-8-17)23-11-13-32-24-19(23)2-1-3-20(24)25(27,28)29/h1-4,9-14,16-17H,5-8,30H2. The van der Waals surface area contributed by atoms with E-state index in [0.29, 0.717) is 16.1 Å². The minimum Gasteiger partial charge on any atom is -0.337 e. The summed E-state index contributed by atoms with van der Waals surface area (Å²) in [5.41, 5.74) is 7.66. The molecule has 5 rings (SSSR count). The molecule has 1 aliphatic rings. The summed E-state index contributed by atoms with van der Waals surface area (Å²) in [7, 11) is 0. The molecular weight excluding hydrogens is 449 g/mol. The Morgan fingerprint density at radius 1 is 0.879 bits per heavy atom. The summed E-state index contributed by atoms with van der Waals surface area (Å²) in [5, 5.41) is 1.92. The molecule has 4 aromatic rings. The van der Waals surface area contributed by atoms with Crippen LogP contribution >= 0.6 is 11.6 Å². The fraction of sp³-hybridized carbons (Fsp3) is 0.280. The maximum Gasteiger partial charge on any atom is 0.418 e. The van der Waals surface area contributed by atoms with Crippen molar-refractivity contribution in [3.8, 4) is 0 Å². The van der Waals surface area contributed by atoms with Gasteiger partial charge in [0.05, 0.1) is 28.0 Å². The van der Waals surface area contributed by atoms with E-state index in [0.717, 1.165) is 48.3 Å². The lowest BCUT2D eigenvalue weighted by molar-refractivity contribution is -0.136. The second kappa shape index (κ2) is 8.47. The Kier molecular flexibility index (Phi) is 5.62. The summed E-state index contributed by atoms with van der Waals surface area (Å²) in [6.07, 6.45) is 2.05. The molecule has 0 aliphatic heterocycles. The molecule has 1 aliphatic carbocycles. The van der Waals surface area contributed by atoms with Crippen LogP contribution in [0.2, 0.25) is 5.02 Å². The van der Waals surface area contributed by atoms with Gasteiger partial charge in [-0.2, -0.15) is 13.2 Å². The maximum absolute atomic E-state index is 13.7. The van der Waals surface area contributed by atoms with Crippen molar-refractivity contribution < 1.29 is 13.2 Å². The van der Waals surface area contributed by atoms with Crippen LogP contribution < -0.4 is 10.6 Å². The Labute approximate surface area is 194 Å². The lowest BCUT2D eigenvalue weighted by Crippen LogP contribution is -2.38. The van der Waals surface area contributed by atoms with Crippen LogP contribution in [0.3, 0.4) is 0 Å². The second-order valence-corrected chi connectivity index (χ2v) is 8.90. The zero-order chi connectivity index (χ0) is 23.2. The van der Waals surface area contributed by atoms with Gasteiger partial charge in [-0.1, -0.05) is 23.7 Å². The van der Waals surface area contributed by atoms with Crippen molar-refractivity contribution in [3.05, 3.63) is 71.5 Å². The lowest BCUT2D eigenvalue weighted by Gasteiger charge is -2.38. The quantitative estimate of drug-likeness (QED) is 0.355. The van der Waals surface area contributed by atoms with Crippen LogP contribution in [0.4, 0.5) is 24.5 Å². The Morgan fingerprint density at radius 3 is 2.30 bits per heavy atom. The third-order valence-corrected chi connectivity index (χ3v) is 6.60. The van der Waals surface area contributed by atoms with Crippen LogP contribution in [0.15, 0.2) is 60.9 Å². The minimum atomic E-state index is -4.49. The molecule has 4 nitrogen and oxygen atoms in total. The van der Waals surface area contributed by atoms with Crippen LogP contribution in [0.5, 0.6) is 0 Å². The average Bonchev–Trinajstić information content (AvgIpc) is 2.79. The molecule has 0 radical (unpaired) electrons. The van der Waals surface area contributed by atoms with Crippen LogP contribution in [-0.2, 0) is 6.18 Å². The molecule has 2 aromatic carbocycles. The van der Waals surface area contributed by atoms with E-state index in [1.54, 1.807) is 30.5 Å². The molecule has 33 heavy (non-hydrogen) atoms. The third-order valence-electron chi connectivity index (χ3n) is 6.36. The molecule has 1 fully saturated rings. The number of aromatic nitrogens is 2. The topological polar surface area (TPSA) is 55.0 Å². The normalized spacial score (nSPS) is 19.2. The van der Waals surface area contributed by atoms with E-state index in [-0.39, 0.29) is 17.6 Å². The molecular formula is C25H22ClF3N4. The first-order valence-corrected chi connectivity index (χ1v) is 11.2. The molecule has 0 bridgehead atoms. The molecule has 8 heteroatoms. The number of fused-ring (bicyclic) bond motifs is 2. The average molecular weight is 471 g/mol. The number of para-hydroxylation sites is 1. The van der Waals surface area contributed by atoms with Crippen LogP contribution in [0.25, 0.3) is 21.8 Å². The number of alkyl halides is 3. The number of hydrogen-bond acceptors (Lipinski definition) is 4.